The van der Waals surface area contributed by atoms with Gasteiger partial charge >= 0.3 is 59.1 Å². The Morgan fingerprint density at radius 3 is 1.25 bits per heavy atom. The quantitative estimate of drug-likeness (QED) is 0.215. The van der Waals surface area contributed by atoms with Crippen LogP contribution in [0.4, 0.5) is 0 Å². The molecule has 156 valence electrons. The monoisotopic (exact) mass is 490 g/mol. The van der Waals surface area contributed by atoms with Crippen molar-refractivity contribution in [3.05, 3.63) is 83.9 Å². The molecular weight excluding hydrogens is 474 g/mol. The third kappa shape index (κ3) is 5.81. The summed E-state index contributed by atoms with van der Waals surface area (Å²) in [4.78, 5) is -0.809. The first-order valence-corrected chi connectivity index (χ1v) is 11.4. The molecule has 0 aliphatic carbocycles. The van der Waals surface area contributed by atoms with E-state index in [2.05, 4.69) is 0 Å². The Balaban J connectivity index is 0.00000171. The summed E-state index contributed by atoms with van der Waals surface area (Å²) in [5, 5.41) is 1.65. The number of rotatable bonds is 4. The van der Waals surface area contributed by atoms with Gasteiger partial charge in [0.2, 0.25) is 0 Å². The van der Waals surface area contributed by atoms with Crippen LogP contribution in [-0.2, 0) is 26.7 Å². The second-order valence-electron chi connectivity index (χ2n) is 6.63. The zero-order valence-corrected chi connectivity index (χ0v) is 23.0. The molecule has 7 nitrogen and oxygen atoms in total. The smallest absolute Gasteiger partial charge is 0.744 e. The van der Waals surface area contributed by atoms with Gasteiger partial charge in [0, 0.05) is 0 Å². The van der Waals surface area contributed by atoms with Crippen LogP contribution < -0.4 is 59.1 Å². The second kappa shape index (κ2) is 11.1. The fourth-order valence-electron chi connectivity index (χ4n) is 3.65. The maximum atomic E-state index is 12.0. The Labute approximate surface area is 230 Å². The first kappa shape index (κ1) is 29.2. The second-order valence-corrected chi connectivity index (χ2v) is 9.27. The molecule has 0 saturated carbocycles. The summed E-state index contributed by atoms with van der Waals surface area (Å²) in [5.74, 6) is 0. The topological polar surface area (TPSA) is 146 Å². The number of benzene rings is 4. The average molecular weight is 490 g/mol. The van der Waals surface area contributed by atoms with Gasteiger partial charge < -0.3 is 14.6 Å². The van der Waals surface area contributed by atoms with Gasteiger partial charge in [-0.25, -0.2) is 16.8 Å². The van der Waals surface area contributed by atoms with Gasteiger partial charge in [0.15, 0.2) is 0 Å². The fraction of sp³-hybridized carbons (Fsp3) is 0.0476. The molecule has 0 aliphatic rings. The maximum Gasteiger partial charge on any atom is 1.00 e. The molecule has 0 bridgehead atoms. The summed E-state index contributed by atoms with van der Waals surface area (Å²) >= 11 is 0. The Morgan fingerprint density at radius 2 is 0.906 bits per heavy atom. The van der Waals surface area contributed by atoms with E-state index in [9.17, 15) is 25.9 Å². The summed E-state index contributed by atoms with van der Waals surface area (Å²) in [6.45, 7) is 0. The van der Waals surface area contributed by atoms with Crippen molar-refractivity contribution in [1.82, 2.24) is 0 Å². The van der Waals surface area contributed by atoms with Crippen LogP contribution in [0.5, 0.6) is 0 Å². The van der Waals surface area contributed by atoms with Gasteiger partial charge in [-0.3, -0.25) is 0 Å². The van der Waals surface area contributed by atoms with Gasteiger partial charge in [0.05, 0.1) is 9.79 Å². The molecule has 4 aromatic carbocycles. The molecule has 0 heterocycles. The summed E-state index contributed by atoms with van der Waals surface area (Å²) in [6.07, 6.45) is -0.191. The maximum absolute atomic E-state index is 12.0. The van der Waals surface area contributed by atoms with Crippen LogP contribution in [0.25, 0.3) is 21.5 Å². The van der Waals surface area contributed by atoms with Crippen LogP contribution in [0, 0.1) is 0 Å². The molecular formula is C21H16Na2O7S2. The average Bonchev–Trinajstić information content (AvgIpc) is 2.65. The van der Waals surface area contributed by atoms with Gasteiger partial charge in [0.1, 0.15) is 20.2 Å². The molecule has 0 aliphatic heterocycles. The van der Waals surface area contributed by atoms with E-state index in [0.717, 1.165) is 0 Å². The molecule has 0 aromatic heterocycles. The standard InChI is InChI=1S/C21H16O6S2.2Na.H2O/c22-28(23,24)20-16(11-9-14-5-1-3-7-18(14)20)13-17-12-10-15-6-2-4-8-19(15)21(17)29(25,26)27;;;/h1-12H,13H2,(H,22,23,24)(H,25,26,27);;;1H2/q;2*+1;/p-2. The Bertz CT molecular complexity index is 1370. The van der Waals surface area contributed by atoms with Crippen molar-refractivity contribution < 1.29 is 90.5 Å². The zero-order chi connectivity index (χ0) is 20.8. The Kier molecular flexibility index (Phi) is 10.1. The SMILES string of the molecule is O.O=S(=O)([O-])c1c(Cc2ccc3ccccc3c2S(=O)(=O)[O-])ccc2ccccc12.[Na+].[Na+]. The molecule has 4 rings (SSSR count). The molecule has 11 heteroatoms. The van der Waals surface area contributed by atoms with E-state index in [1.54, 1.807) is 48.5 Å². The third-order valence-corrected chi connectivity index (χ3v) is 6.77. The van der Waals surface area contributed by atoms with Crippen LogP contribution in [0.2, 0.25) is 0 Å². The number of fused-ring (bicyclic) bond motifs is 2. The normalized spacial score (nSPS) is 11.3. The van der Waals surface area contributed by atoms with Crippen molar-refractivity contribution in [2.45, 2.75) is 16.2 Å². The first-order valence-electron chi connectivity index (χ1n) is 8.59. The Hall–Kier alpha value is -0.820. The largest absolute Gasteiger partial charge is 1.00 e. The Morgan fingerprint density at radius 1 is 0.562 bits per heavy atom. The molecule has 0 spiro atoms. The molecule has 0 unspecified atom stereocenters. The predicted molar refractivity (Wildman–Crippen MR) is 110 cm³/mol. The van der Waals surface area contributed by atoms with Crippen molar-refractivity contribution in [2.24, 2.45) is 0 Å². The third-order valence-electron chi connectivity index (χ3n) is 4.80. The minimum atomic E-state index is -4.85. The van der Waals surface area contributed by atoms with Gasteiger partial charge in [0.25, 0.3) is 0 Å². The van der Waals surface area contributed by atoms with E-state index in [1.165, 1.54) is 24.3 Å². The van der Waals surface area contributed by atoms with Crippen molar-refractivity contribution in [3.63, 3.8) is 0 Å². The summed E-state index contributed by atoms with van der Waals surface area (Å²) in [6, 6.07) is 19.3. The van der Waals surface area contributed by atoms with Gasteiger partial charge in [-0.2, -0.15) is 0 Å². The van der Waals surface area contributed by atoms with Crippen LogP contribution in [0.15, 0.2) is 82.6 Å². The van der Waals surface area contributed by atoms with Crippen LogP contribution in [0.3, 0.4) is 0 Å². The van der Waals surface area contributed by atoms with Gasteiger partial charge in [-0.05, 0) is 39.1 Å². The van der Waals surface area contributed by atoms with Gasteiger partial charge in [-0.15, -0.1) is 0 Å². The fourth-order valence-corrected chi connectivity index (χ4v) is 5.48. The number of hydrogen-bond donors (Lipinski definition) is 0. The van der Waals surface area contributed by atoms with Crippen LogP contribution in [-0.4, -0.2) is 31.4 Å². The molecule has 32 heavy (non-hydrogen) atoms. The van der Waals surface area contributed by atoms with E-state index in [4.69, 9.17) is 0 Å². The van der Waals surface area contributed by atoms with E-state index in [-0.39, 0.29) is 92.9 Å². The van der Waals surface area contributed by atoms with Crippen LogP contribution in [0.1, 0.15) is 11.1 Å². The van der Waals surface area contributed by atoms with Crippen molar-refractivity contribution in [3.8, 4) is 0 Å². The van der Waals surface area contributed by atoms with E-state index in [0.29, 0.717) is 10.8 Å². The van der Waals surface area contributed by atoms with Crippen molar-refractivity contribution in [1.29, 1.82) is 0 Å². The molecule has 0 amide bonds. The number of hydrogen-bond acceptors (Lipinski definition) is 6. The van der Waals surface area contributed by atoms with Crippen molar-refractivity contribution >= 4 is 41.8 Å². The zero-order valence-electron chi connectivity index (χ0n) is 17.4. The first-order chi connectivity index (χ1) is 13.7. The molecule has 0 radical (unpaired) electrons. The minimum Gasteiger partial charge on any atom is -0.744 e. The van der Waals surface area contributed by atoms with E-state index < -0.39 is 30.0 Å². The molecule has 2 N–H and O–H groups in total. The van der Waals surface area contributed by atoms with Crippen molar-refractivity contribution in [2.75, 3.05) is 0 Å². The summed E-state index contributed by atoms with van der Waals surface area (Å²) < 4.78 is 72.1. The van der Waals surface area contributed by atoms with Crippen LogP contribution >= 0.6 is 0 Å². The minimum absolute atomic E-state index is 0. The molecule has 0 atom stereocenters. The molecule has 4 aromatic rings. The predicted octanol–water partition coefficient (Wildman–Crippen LogP) is -3.42. The molecule has 0 saturated heterocycles. The summed E-state index contributed by atoms with van der Waals surface area (Å²) in [5.41, 5.74) is 0.276. The van der Waals surface area contributed by atoms with Gasteiger partial charge in [-0.1, -0.05) is 72.8 Å². The van der Waals surface area contributed by atoms with E-state index >= 15 is 0 Å². The summed E-state index contributed by atoms with van der Waals surface area (Å²) in [7, 11) is -9.70. The van der Waals surface area contributed by atoms with E-state index in [1.807, 2.05) is 0 Å². The molecule has 0 fully saturated rings.